The second kappa shape index (κ2) is 3.77. The number of rotatable bonds is 2. The van der Waals surface area contributed by atoms with Crippen molar-refractivity contribution in [3.05, 3.63) is 30.0 Å². The van der Waals surface area contributed by atoms with Crippen LogP contribution in [0.1, 0.15) is 5.56 Å². The van der Waals surface area contributed by atoms with Crippen LogP contribution < -0.4 is 5.73 Å². The summed E-state index contributed by atoms with van der Waals surface area (Å²) in [7, 11) is 1.53. The quantitative estimate of drug-likeness (QED) is 0.721. The third-order valence-corrected chi connectivity index (χ3v) is 2.52. The van der Waals surface area contributed by atoms with Gasteiger partial charge in [0, 0.05) is 30.7 Å². The minimum absolute atomic E-state index is 0.357. The second-order valence-electron chi connectivity index (χ2n) is 3.76. The Morgan fingerprint density at radius 1 is 1.56 bits per heavy atom. The molecule has 0 unspecified atom stereocenters. The van der Waals surface area contributed by atoms with E-state index < -0.39 is 6.09 Å². The van der Waals surface area contributed by atoms with Crippen LogP contribution in [0.15, 0.2) is 24.4 Å². The largest absolute Gasteiger partial charge is 0.465 e. The monoisotopic (exact) mass is 219 g/mol. The molecular weight excluding hydrogens is 206 g/mol. The van der Waals surface area contributed by atoms with Crippen LogP contribution >= 0.6 is 0 Å². The Morgan fingerprint density at radius 2 is 2.31 bits per heavy atom. The van der Waals surface area contributed by atoms with Gasteiger partial charge in [0.15, 0.2) is 0 Å². The van der Waals surface area contributed by atoms with Gasteiger partial charge in [-0.1, -0.05) is 6.07 Å². The first kappa shape index (κ1) is 10.4. The van der Waals surface area contributed by atoms with Gasteiger partial charge in [-0.15, -0.1) is 0 Å². The summed E-state index contributed by atoms with van der Waals surface area (Å²) in [6, 6.07) is 5.69. The molecular formula is C11H13N3O2. The van der Waals surface area contributed by atoms with Crippen molar-refractivity contribution in [2.24, 2.45) is 0 Å². The number of nitrogens with two attached hydrogens (primary N) is 1. The number of H-pyrrole nitrogens is 1. The molecule has 0 aliphatic rings. The number of nitrogens with zero attached hydrogens (tertiary/aromatic N) is 1. The predicted molar refractivity (Wildman–Crippen MR) is 62.2 cm³/mol. The summed E-state index contributed by atoms with van der Waals surface area (Å²) in [5, 5.41) is 9.69. The lowest BCUT2D eigenvalue weighted by atomic mass is 10.1. The molecule has 1 aromatic carbocycles. The van der Waals surface area contributed by atoms with Crippen LogP contribution in [0.2, 0.25) is 0 Å². The SMILES string of the molecule is CN(Cc1ccc2[nH]cc(N)c2c1)C(=O)O. The molecule has 16 heavy (non-hydrogen) atoms. The lowest BCUT2D eigenvalue weighted by Crippen LogP contribution is -2.23. The molecule has 4 N–H and O–H groups in total. The molecule has 1 aromatic heterocycles. The number of fused-ring (bicyclic) bond motifs is 1. The summed E-state index contributed by atoms with van der Waals surface area (Å²) in [5.74, 6) is 0. The molecule has 5 heteroatoms. The first-order valence-corrected chi connectivity index (χ1v) is 4.87. The van der Waals surface area contributed by atoms with E-state index in [-0.39, 0.29) is 0 Å². The van der Waals surface area contributed by atoms with Gasteiger partial charge >= 0.3 is 6.09 Å². The third-order valence-electron chi connectivity index (χ3n) is 2.52. The van der Waals surface area contributed by atoms with Crippen LogP contribution in [-0.2, 0) is 6.54 Å². The number of aromatic nitrogens is 1. The van der Waals surface area contributed by atoms with Crippen molar-refractivity contribution in [1.29, 1.82) is 0 Å². The van der Waals surface area contributed by atoms with E-state index in [0.29, 0.717) is 12.2 Å². The van der Waals surface area contributed by atoms with Gasteiger partial charge in [0.25, 0.3) is 0 Å². The van der Waals surface area contributed by atoms with Crippen molar-refractivity contribution in [3.8, 4) is 0 Å². The molecule has 5 nitrogen and oxygen atoms in total. The fourth-order valence-electron chi connectivity index (χ4n) is 1.63. The van der Waals surface area contributed by atoms with Gasteiger partial charge in [0.2, 0.25) is 0 Å². The van der Waals surface area contributed by atoms with Crippen molar-refractivity contribution in [2.45, 2.75) is 6.54 Å². The number of nitrogen functional groups attached to an aromatic ring is 1. The maximum Gasteiger partial charge on any atom is 0.407 e. The average molecular weight is 219 g/mol. The van der Waals surface area contributed by atoms with Crippen LogP contribution in [0, 0.1) is 0 Å². The number of aromatic amines is 1. The van der Waals surface area contributed by atoms with Crippen molar-refractivity contribution < 1.29 is 9.90 Å². The molecule has 2 rings (SSSR count). The minimum Gasteiger partial charge on any atom is -0.465 e. The standard InChI is InChI=1S/C11H13N3O2/c1-14(11(15)16)6-7-2-3-10-8(4-7)9(12)5-13-10/h2-5,13H,6,12H2,1H3,(H,15,16). The van der Waals surface area contributed by atoms with Gasteiger partial charge in [0.05, 0.1) is 5.69 Å². The van der Waals surface area contributed by atoms with Crippen LogP contribution in [0.4, 0.5) is 10.5 Å². The third kappa shape index (κ3) is 1.79. The molecule has 1 amide bonds. The number of hydrogen-bond acceptors (Lipinski definition) is 2. The zero-order valence-electron chi connectivity index (χ0n) is 8.90. The lowest BCUT2D eigenvalue weighted by Gasteiger charge is -2.12. The van der Waals surface area contributed by atoms with Crippen LogP contribution in [-0.4, -0.2) is 28.1 Å². The van der Waals surface area contributed by atoms with E-state index >= 15 is 0 Å². The van der Waals surface area contributed by atoms with Gasteiger partial charge in [0.1, 0.15) is 0 Å². The van der Waals surface area contributed by atoms with E-state index in [1.807, 2.05) is 18.2 Å². The number of carbonyl (C=O) groups is 1. The summed E-state index contributed by atoms with van der Waals surface area (Å²) < 4.78 is 0. The Bertz CT molecular complexity index is 533. The van der Waals surface area contributed by atoms with Crippen molar-refractivity contribution in [3.63, 3.8) is 0 Å². The number of nitrogens with one attached hydrogen (secondary N) is 1. The topological polar surface area (TPSA) is 82.3 Å². The molecule has 1 heterocycles. The number of amides is 1. The van der Waals surface area contributed by atoms with E-state index in [9.17, 15) is 4.79 Å². The summed E-state index contributed by atoms with van der Waals surface area (Å²) in [5.41, 5.74) is 8.33. The summed E-state index contributed by atoms with van der Waals surface area (Å²) in [4.78, 5) is 14.9. The van der Waals surface area contributed by atoms with E-state index in [1.54, 1.807) is 6.20 Å². The highest BCUT2D eigenvalue weighted by Crippen LogP contribution is 2.21. The molecule has 2 aromatic rings. The Kier molecular flexibility index (Phi) is 2.44. The van der Waals surface area contributed by atoms with Crippen LogP contribution in [0.3, 0.4) is 0 Å². The highest BCUT2D eigenvalue weighted by molar-refractivity contribution is 5.91. The minimum atomic E-state index is -0.942. The first-order valence-electron chi connectivity index (χ1n) is 4.87. The van der Waals surface area contributed by atoms with E-state index in [0.717, 1.165) is 16.5 Å². The summed E-state index contributed by atoms with van der Waals surface area (Å²) in [6.45, 7) is 0.357. The molecule has 0 aliphatic heterocycles. The zero-order valence-corrected chi connectivity index (χ0v) is 8.90. The highest BCUT2D eigenvalue weighted by atomic mass is 16.4. The van der Waals surface area contributed by atoms with Gasteiger partial charge in [-0.05, 0) is 17.7 Å². The molecule has 0 fully saturated rings. The van der Waals surface area contributed by atoms with E-state index in [1.165, 1.54) is 11.9 Å². The van der Waals surface area contributed by atoms with Gasteiger partial charge in [-0.25, -0.2) is 4.79 Å². The molecule has 0 saturated heterocycles. The van der Waals surface area contributed by atoms with Gasteiger partial charge < -0.3 is 20.7 Å². The fraction of sp³-hybridized carbons (Fsp3) is 0.182. The van der Waals surface area contributed by atoms with Crippen molar-refractivity contribution >= 4 is 22.7 Å². The van der Waals surface area contributed by atoms with Gasteiger partial charge in [-0.2, -0.15) is 0 Å². The molecule has 0 bridgehead atoms. The number of carboxylic acid groups (broad SMARTS) is 1. The Balaban J connectivity index is 2.32. The molecule has 0 saturated carbocycles. The summed E-state index contributed by atoms with van der Waals surface area (Å²) in [6.07, 6.45) is 0.789. The van der Waals surface area contributed by atoms with Crippen molar-refractivity contribution in [1.82, 2.24) is 9.88 Å². The molecule has 84 valence electrons. The smallest absolute Gasteiger partial charge is 0.407 e. The predicted octanol–water partition coefficient (Wildman–Crippen LogP) is 1.86. The van der Waals surface area contributed by atoms with Crippen LogP contribution in [0.25, 0.3) is 10.9 Å². The lowest BCUT2D eigenvalue weighted by molar-refractivity contribution is 0.154. The van der Waals surface area contributed by atoms with E-state index in [2.05, 4.69) is 4.98 Å². The van der Waals surface area contributed by atoms with Crippen LogP contribution in [0.5, 0.6) is 0 Å². The molecule has 0 atom stereocenters. The Hall–Kier alpha value is -2.17. The molecule has 0 spiro atoms. The number of hydrogen-bond donors (Lipinski definition) is 3. The van der Waals surface area contributed by atoms with Crippen molar-refractivity contribution in [2.75, 3.05) is 12.8 Å². The zero-order chi connectivity index (χ0) is 11.7. The fourth-order valence-corrected chi connectivity index (χ4v) is 1.63. The van der Waals surface area contributed by atoms with E-state index in [4.69, 9.17) is 10.8 Å². The highest BCUT2D eigenvalue weighted by Gasteiger charge is 2.07. The Morgan fingerprint density at radius 3 is 3.00 bits per heavy atom. The molecule has 0 aliphatic carbocycles. The maximum atomic E-state index is 10.7. The normalized spacial score (nSPS) is 10.6. The Labute approximate surface area is 92.5 Å². The summed E-state index contributed by atoms with van der Waals surface area (Å²) >= 11 is 0. The number of anilines is 1. The number of benzene rings is 1. The maximum absolute atomic E-state index is 10.7. The molecule has 0 radical (unpaired) electrons. The first-order chi connectivity index (χ1) is 7.58. The second-order valence-corrected chi connectivity index (χ2v) is 3.76. The average Bonchev–Trinajstić information content (AvgIpc) is 2.60. The van der Waals surface area contributed by atoms with Gasteiger partial charge in [-0.3, -0.25) is 0 Å².